The Hall–Kier alpha value is -1.14. The van der Waals surface area contributed by atoms with Crippen LogP contribution in [-0.2, 0) is 14.3 Å². The summed E-state index contributed by atoms with van der Waals surface area (Å²) in [6, 6.07) is -0.529. The smallest absolute Gasteiger partial charge is 0.239 e. The molecule has 1 aliphatic carbocycles. The first kappa shape index (κ1) is 15.9. The van der Waals surface area contributed by atoms with Gasteiger partial charge in [0.25, 0.3) is 0 Å². The van der Waals surface area contributed by atoms with E-state index in [2.05, 4.69) is 10.6 Å². The predicted molar refractivity (Wildman–Crippen MR) is 72.4 cm³/mol. The molecule has 2 amide bonds. The van der Waals surface area contributed by atoms with E-state index in [0.717, 1.165) is 19.3 Å². The zero-order valence-electron chi connectivity index (χ0n) is 11.9. The first-order valence-corrected chi connectivity index (χ1v) is 6.81. The fraction of sp³-hybridized carbons (Fsp3) is 0.846. The van der Waals surface area contributed by atoms with Crippen molar-refractivity contribution in [2.75, 3.05) is 13.7 Å². The van der Waals surface area contributed by atoms with E-state index in [1.807, 2.05) is 13.8 Å². The molecule has 2 unspecified atom stereocenters. The molecule has 0 saturated heterocycles. The SMILES string of the molecule is COC1CCCC1NC(=O)CNC(=O)[C@@H](N)C(C)C. The first-order chi connectivity index (χ1) is 8.95. The number of methoxy groups -OCH3 is 1. The van der Waals surface area contributed by atoms with Gasteiger partial charge in [-0.1, -0.05) is 13.8 Å². The second-order valence-electron chi connectivity index (χ2n) is 5.37. The van der Waals surface area contributed by atoms with E-state index in [1.165, 1.54) is 0 Å². The third-order valence-electron chi connectivity index (χ3n) is 3.55. The van der Waals surface area contributed by atoms with E-state index in [0.29, 0.717) is 0 Å². The average molecular weight is 271 g/mol. The zero-order chi connectivity index (χ0) is 14.4. The maximum atomic E-state index is 11.7. The molecular formula is C13H25N3O3. The molecule has 0 heterocycles. The Labute approximate surface area is 114 Å². The Morgan fingerprint density at radius 2 is 2.05 bits per heavy atom. The van der Waals surface area contributed by atoms with Gasteiger partial charge < -0.3 is 21.1 Å². The lowest BCUT2D eigenvalue weighted by atomic mass is 10.1. The first-order valence-electron chi connectivity index (χ1n) is 6.81. The summed E-state index contributed by atoms with van der Waals surface area (Å²) in [4.78, 5) is 23.3. The van der Waals surface area contributed by atoms with E-state index in [4.69, 9.17) is 10.5 Å². The second kappa shape index (κ2) is 7.45. The molecule has 6 nitrogen and oxygen atoms in total. The van der Waals surface area contributed by atoms with Crippen LogP contribution < -0.4 is 16.4 Å². The van der Waals surface area contributed by atoms with Crippen molar-refractivity contribution in [3.63, 3.8) is 0 Å². The van der Waals surface area contributed by atoms with Crippen LogP contribution in [0.4, 0.5) is 0 Å². The van der Waals surface area contributed by atoms with Crippen LogP contribution in [0.25, 0.3) is 0 Å². The highest BCUT2D eigenvalue weighted by Gasteiger charge is 2.28. The van der Waals surface area contributed by atoms with Gasteiger partial charge >= 0.3 is 0 Å². The molecule has 0 aliphatic heterocycles. The summed E-state index contributed by atoms with van der Waals surface area (Å²) < 4.78 is 5.30. The van der Waals surface area contributed by atoms with Crippen molar-refractivity contribution in [1.82, 2.24) is 10.6 Å². The molecule has 0 aromatic heterocycles. The molecule has 0 aromatic carbocycles. The summed E-state index contributed by atoms with van der Waals surface area (Å²) in [6.45, 7) is 3.70. The molecule has 1 saturated carbocycles. The number of hydrogen-bond donors (Lipinski definition) is 3. The van der Waals surface area contributed by atoms with Gasteiger partial charge in [-0.15, -0.1) is 0 Å². The summed E-state index contributed by atoms with van der Waals surface area (Å²) in [5, 5.41) is 5.44. The van der Waals surface area contributed by atoms with Crippen molar-refractivity contribution in [3.8, 4) is 0 Å². The van der Waals surface area contributed by atoms with E-state index in [-0.39, 0.29) is 36.4 Å². The molecule has 1 fully saturated rings. The Kier molecular flexibility index (Phi) is 6.24. The number of carbonyl (C=O) groups is 2. The molecule has 0 radical (unpaired) electrons. The van der Waals surface area contributed by atoms with Gasteiger partial charge in [-0.05, 0) is 25.2 Å². The van der Waals surface area contributed by atoms with Crippen LogP contribution in [0, 0.1) is 5.92 Å². The van der Waals surface area contributed by atoms with Crippen LogP contribution in [0.1, 0.15) is 33.1 Å². The number of nitrogens with one attached hydrogen (secondary N) is 2. The highest BCUT2D eigenvalue weighted by molar-refractivity contribution is 5.87. The summed E-state index contributed by atoms with van der Waals surface area (Å²) in [6.07, 6.45) is 3.02. The fourth-order valence-corrected chi connectivity index (χ4v) is 2.22. The fourth-order valence-electron chi connectivity index (χ4n) is 2.22. The third kappa shape index (κ3) is 4.80. The summed E-state index contributed by atoms with van der Waals surface area (Å²) >= 11 is 0. The normalized spacial score (nSPS) is 24.3. The predicted octanol–water partition coefficient (Wildman–Crippen LogP) is -0.230. The lowest BCUT2D eigenvalue weighted by Crippen LogP contribution is -2.49. The Balaban J connectivity index is 2.30. The van der Waals surface area contributed by atoms with Gasteiger partial charge in [0.1, 0.15) is 0 Å². The number of ether oxygens (including phenoxy) is 1. The molecule has 6 heteroatoms. The molecule has 3 atom stereocenters. The maximum Gasteiger partial charge on any atom is 0.239 e. The Morgan fingerprint density at radius 3 is 2.63 bits per heavy atom. The monoisotopic (exact) mass is 271 g/mol. The quantitative estimate of drug-likeness (QED) is 0.622. The van der Waals surface area contributed by atoms with Gasteiger partial charge in [0.2, 0.25) is 11.8 Å². The summed E-state index contributed by atoms with van der Waals surface area (Å²) in [7, 11) is 1.65. The van der Waals surface area contributed by atoms with Gasteiger partial charge in [-0.2, -0.15) is 0 Å². The topological polar surface area (TPSA) is 93.5 Å². The summed E-state index contributed by atoms with van der Waals surface area (Å²) in [5.41, 5.74) is 5.69. The van der Waals surface area contributed by atoms with E-state index < -0.39 is 6.04 Å². The number of carbonyl (C=O) groups excluding carboxylic acids is 2. The molecular weight excluding hydrogens is 246 g/mol. The Morgan fingerprint density at radius 1 is 1.37 bits per heavy atom. The Bertz CT molecular complexity index is 320. The van der Waals surface area contributed by atoms with Crippen LogP contribution in [0.5, 0.6) is 0 Å². The van der Waals surface area contributed by atoms with Crippen molar-refractivity contribution >= 4 is 11.8 Å². The minimum Gasteiger partial charge on any atom is -0.379 e. The largest absolute Gasteiger partial charge is 0.379 e. The number of rotatable bonds is 6. The number of amides is 2. The van der Waals surface area contributed by atoms with Gasteiger partial charge in [-0.3, -0.25) is 9.59 Å². The highest BCUT2D eigenvalue weighted by atomic mass is 16.5. The van der Waals surface area contributed by atoms with Crippen LogP contribution in [0.3, 0.4) is 0 Å². The molecule has 1 aliphatic rings. The highest BCUT2D eigenvalue weighted by Crippen LogP contribution is 2.21. The van der Waals surface area contributed by atoms with Crippen LogP contribution in [0.2, 0.25) is 0 Å². The van der Waals surface area contributed by atoms with Crippen molar-refractivity contribution in [1.29, 1.82) is 0 Å². The van der Waals surface area contributed by atoms with Crippen LogP contribution >= 0.6 is 0 Å². The lowest BCUT2D eigenvalue weighted by Gasteiger charge is -2.20. The van der Waals surface area contributed by atoms with Crippen LogP contribution in [-0.4, -0.2) is 43.7 Å². The van der Waals surface area contributed by atoms with Crippen molar-refractivity contribution in [3.05, 3.63) is 0 Å². The van der Waals surface area contributed by atoms with Crippen LogP contribution in [0.15, 0.2) is 0 Å². The molecule has 0 bridgehead atoms. The minimum absolute atomic E-state index is 0.0355. The second-order valence-corrected chi connectivity index (χ2v) is 5.37. The van der Waals surface area contributed by atoms with Gasteiger partial charge in [0, 0.05) is 7.11 Å². The molecule has 4 N–H and O–H groups in total. The van der Waals surface area contributed by atoms with Crippen molar-refractivity contribution < 1.29 is 14.3 Å². The lowest BCUT2D eigenvalue weighted by molar-refractivity contribution is -0.128. The molecule has 0 spiro atoms. The minimum atomic E-state index is -0.578. The molecule has 1 rings (SSSR count). The summed E-state index contributed by atoms with van der Waals surface area (Å²) in [5.74, 6) is -0.436. The van der Waals surface area contributed by atoms with E-state index >= 15 is 0 Å². The number of nitrogens with two attached hydrogens (primary N) is 1. The third-order valence-corrected chi connectivity index (χ3v) is 3.55. The zero-order valence-corrected chi connectivity index (χ0v) is 11.9. The van der Waals surface area contributed by atoms with E-state index in [9.17, 15) is 9.59 Å². The molecule has 0 aromatic rings. The van der Waals surface area contributed by atoms with Crippen molar-refractivity contribution in [2.45, 2.75) is 51.3 Å². The van der Waals surface area contributed by atoms with Gasteiger partial charge in [0.15, 0.2) is 0 Å². The maximum absolute atomic E-state index is 11.7. The van der Waals surface area contributed by atoms with E-state index in [1.54, 1.807) is 7.11 Å². The van der Waals surface area contributed by atoms with Crippen molar-refractivity contribution in [2.24, 2.45) is 11.7 Å². The van der Waals surface area contributed by atoms with Gasteiger partial charge in [-0.25, -0.2) is 0 Å². The standard InChI is InChI=1S/C13H25N3O3/c1-8(2)12(14)13(18)15-7-11(17)16-9-5-4-6-10(9)19-3/h8-10,12H,4-7,14H2,1-3H3,(H,15,18)(H,16,17)/t9?,10?,12-/m0/s1. The molecule has 19 heavy (non-hydrogen) atoms. The van der Waals surface area contributed by atoms with Gasteiger partial charge in [0.05, 0.1) is 24.7 Å². The number of hydrogen-bond acceptors (Lipinski definition) is 4. The molecule has 110 valence electrons. The average Bonchev–Trinajstić information content (AvgIpc) is 2.81.